The number of methoxy groups -OCH3 is 2. The second-order valence-electron chi connectivity index (χ2n) is 3.28. The van der Waals surface area contributed by atoms with Crippen LogP contribution >= 0.6 is 0 Å². The lowest BCUT2D eigenvalue weighted by atomic mass is 10.2. The van der Waals surface area contributed by atoms with Crippen LogP contribution in [0.2, 0.25) is 0 Å². The van der Waals surface area contributed by atoms with E-state index in [-0.39, 0.29) is 12.9 Å². The average molecular weight is 240 g/mol. The third-order valence-electron chi connectivity index (χ3n) is 1.91. The normalized spacial score (nSPS) is 12.3. The van der Waals surface area contributed by atoms with Crippen molar-refractivity contribution in [3.05, 3.63) is 0 Å². The van der Waals surface area contributed by atoms with Crippen LogP contribution in [0.1, 0.15) is 25.7 Å². The van der Waals surface area contributed by atoms with Gasteiger partial charge in [0.2, 0.25) is 0 Å². The lowest BCUT2D eigenvalue weighted by Gasteiger charge is -2.12. The molecule has 0 aliphatic heterocycles. The van der Waals surface area contributed by atoms with Gasteiger partial charge in [-0.3, -0.25) is 4.18 Å². The van der Waals surface area contributed by atoms with E-state index in [1.807, 2.05) is 0 Å². The molecule has 0 radical (unpaired) electrons. The van der Waals surface area contributed by atoms with Crippen LogP contribution in [0.5, 0.6) is 0 Å². The monoisotopic (exact) mass is 240 g/mol. The Bertz CT molecular complexity index is 233. The molecule has 0 rings (SSSR count). The van der Waals surface area contributed by atoms with Gasteiger partial charge >= 0.3 is 0 Å². The Hall–Kier alpha value is -0.170. The lowest BCUT2D eigenvalue weighted by molar-refractivity contribution is -0.107. The fourth-order valence-corrected chi connectivity index (χ4v) is 1.55. The van der Waals surface area contributed by atoms with E-state index in [1.165, 1.54) is 0 Å². The molecule has 0 aliphatic carbocycles. The minimum absolute atomic E-state index is 0.166. The van der Waals surface area contributed by atoms with Gasteiger partial charge in [-0.2, -0.15) is 8.42 Å². The van der Waals surface area contributed by atoms with Crippen molar-refractivity contribution in [3.63, 3.8) is 0 Å². The maximum atomic E-state index is 10.6. The zero-order chi connectivity index (χ0) is 11.7. The summed E-state index contributed by atoms with van der Waals surface area (Å²) in [6, 6.07) is 0. The molecule has 0 aromatic heterocycles. The van der Waals surface area contributed by atoms with Crippen LogP contribution in [-0.2, 0) is 23.8 Å². The summed E-state index contributed by atoms with van der Waals surface area (Å²) in [6.07, 6.45) is 4.26. The zero-order valence-electron chi connectivity index (χ0n) is 9.56. The Morgan fingerprint density at radius 3 is 2.13 bits per heavy atom. The van der Waals surface area contributed by atoms with Crippen LogP contribution in [-0.4, -0.2) is 41.8 Å². The average Bonchev–Trinajstić information content (AvgIpc) is 2.15. The van der Waals surface area contributed by atoms with Crippen molar-refractivity contribution in [3.8, 4) is 0 Å². The van der Waals surface area contributed by atoms with E-state index in [9.17, 15) is 8.42 Å². The van der Waals surface area contributed by atoms with Gasteiger partial charge in [0.15, 0.2) is 6.29 Å². The van der Waals surface area contributed by atoms with Crippen LogP contribution in [0, 0.1) is 0 Å². The Labute approximate surface area is 91.8 Å². The molecule has 92 valence electrons. The van der Waals surface area contributed by atoms with E-state index >= 15 is 0 Å². The van der Waals surface area contributed by atoms with E-state index in [4.69, 9.17) is 9.47 Å². The zero-order valence-corrected chi connectivity index (χ0v) is 10.4. The van der Waals surface area contributed by atoms with Crippen molar-refractivity contribution < 1.29 is 22.1 Å². The summed E-state index contributed by atoms with van der Waals surface area (Å²) >= 11 is 0. The maximum absolute atomic E-state index is 10.6. The maximum Gasteiger partial charge on any atom is 0.264 e. The molecular formula is C9H20O5S. The SMILES string of the molecule is COC(CCCCCOS(C)(=O)=O)OC. The Morgan fingerprint density at radius 1 is 1.07 bits per heavy atom. The molecule has 0 amide bonds. The van der Waals surface area contributed by atoms with Gasteiger partial charge in [-0.25, -0.2) is 0 Å². The molecule has 0 aromatic carbocycles. The van der Waals surface area contributed by atoms with Crippen molar-refractivity contribution >= 4 is 10.1 Å². The second-order valence-corrected chi connectivity index (χ2v) is 4.92. The fraction of sp³-hybridized carbons (Fsp3) is 1.00. The lowest BCUT2D eigenvalue weighted by Crippen LogP contribution is -2.12. The molecule has 0 aromatic rings. The molecule has 0 atom stereocenters. The number of hydrogen-bond acceptors (Lipinski definition) is 5. The first-order valence-electron chi connectivity index (χ1n) is 4.89. The molecule has 0 unspecified atom stereocenters. The van der Waals surface area contributed by atoms with Crippen LogP contribution in [0.4, 0.5) is 0 Å². The van der Waals surface area contributed by atoms with Gasteiger partial charge in [-0.15, -0.1) is 0 Å². The number of hydrogen-bond donors (Lipinski definition) is 0. The standard InChI is InChI=1S/C9H20O5S/c1-12-9(13-2)7-5-4-6-8-14-15(3,10)11/h9H,4-8H2,1-3H3. The largest absolute Gasteiger partial charge is 0.356 e. The third kappa shape index (κ3) is 10.1. The summed E-state index contributed by atoms with van der Waals surface area (Å²) in [7, 11) is -0.0900. The topological polar surface area (TPSA) is 61.8 Å². The molecule has 0 spiro atoms. The van der Waals surface area contributed by atoms with Gasteiger partial charge in [0.25, 0.3) is 10.1 Å². The quantitative estimate of drug-likeness (QED) is 0.343. The van der Waals surface area contributed by atoms with Crippen LogP contribution in [0.3, 0.4) is 0 Å². The first kappa shape index (κ1) is 14.8. The van der Waals surface area contributed by atoms with Gasteiger partial charge in [0.1, 0.15) is 0 Å². The van der Waals surface area contributed by atoms with E-state index < -0.39 is 10.1 Å². The first-order valence-corrected chi connectivity index (χ1v) is 6.71. The molecular weight excluding hydrogens is 220 g/mol. The second kappa shape index (κ2) is 8.04. The fourth-order valence-electron chi connectivity index (χ4n) is 1.13. The van der Waals surface area contributed by atoms with Crippen molar-refractivity contribution in [2.24, 2.45) is 0 Å². The van der Waals surface area contributed by atoms with E-state index in [1.54, 1.807) is 14.2 Å². The van der Waals surface area contributed by atoms with E-state index in [0.717, 1.165) is 31.9 Å². The highest BCUT2D eigenvalue weighted by Crippen LogP contribution is 2.07. The Kier molecular flexibility index (Phi) is 7.95. The number of unbranched alkanes of at least 4 members (excludes halogenated alkanes) is 2. The molecule has 0 saturated heterocycles. The van der Waals surface area contributed by atoms with Crippen molar-refractivity contribution in [1.29, 1.82) is 0 Å². The summed E-state index contributed by atoms with van der Waals surface area (Å²) in [4.78, 5) is 0. The minimum atomic E-state index is -3.29. The Morgan fingerprint density at radius 2 is 1.67 bits per heavy atom. The van der Waals surface area contributed by atoms with Crippen molar-refractivity contribution in [2.45, 2.75) is 32.0 Å². The minimum Gasteiger partial charge on any atom is -0.356 e. The van der Waals surface area contributed by atoms with Crippen LogP contribution in [0.15, 0.2) is 0 Å². The van der Waals surface area contributed by atoms with Crippen molar-refractivity contribution in [2.75, 3.05) is 27.1 Å². The number of rotatable bonds is 9. The summed E-state index contributed by atoms with van der Waals surface area (Å²) in [6.45, 7) is 0.253. The molecule has 0 saturated carbocycles. The van der Waals surface area contributed by atoms with Gasteiger partial charge in [-0.05, 0) is 19.3 Å². The van der Waals surface area contributed by atoms with Crippen molar-refractivity contribution in [1.82, 2.24) is 0 Å². The highest BCUT2D eigenvalue weighted by atomic mass is 32.2. The van der Waals surface area contributed by atoms with Crippen LogP contribution in [0.25, 0.3) is 0 Å². The molecule has 5 nitrogen and oxygen atoms in total. The first-order chi connectivity index (χ1) is 6.99. The van der Waals surface area contributed by atoms with E-state index in [0.29, 0.717) is 0 Å². The Balaban J connectivity index is 3.32. The van der Waals surface area contributed by atoms with Gasteiger partial charge < -0.3 is 9.47 Å². The van der Waals surface area contributed by atoms with Crippen LogP contribution < -0.4 is 0 Å². The molecule has 0 fully saturated rings. The predicted octanol–water partition coefficient (Wildman–Crippen LogP) is 1.14. The molecule has 6 heteroatoms. The van der Waals surface area contributed by atoms with Gasteiger partial charge in [0, 0.05) is 14.2 Å². The summed E-state index contributed by atoms with van der Waals surface area (Å²) in [5, 5.41) is 0. The summed E-state index contributed by atoms with van der Waals surface area (Å²) in [5.41, 5.74) is 0. The van der Waals surface area contributed by atoms with E-state index in [2.05, 4.69) is 4.18 Å². The highest BCUT2D eigenvalue weighted by Gasteiger charge is 2.04. The highest BCUT2D eigenvalue weighted by molar-refractivity contribution is 7.85. The molecule has 0 N–H and O–H groups in total. The van der Waals surface area contributed by atoms with Gasteiger partial charge in [0.05, 0.1) is 12.9 Å². The molecule has 15 heavy (non-hydrogen) atoms. The predicted molar refractivity (Wildman–Crippen MR) is 57.1 cm³/mol. The smallest absolute Gasteiger partial charge is 0.264 e. The molecule has 0 bridgehead atoms. The number of ether oxygens (including phenoxy) is 2. The molecule has 0 heterocycles. The third-order valence-corrected chi connectivity index (χ3v) is 2.50. The summed E-state index contributed by atoms with van der Waals surface area (Å²) < 4.78 is 35.8. The summed E-state index contributed by atoms with van der Waals surface area (Å²) in [5.74, 6) is 0. The van der Waals surface area contributed by atoms with Gasteiger partial charge in [-0.1, -0.05) is 6.42 Å². The molecule has 0 aliphatic rings.